The molecule has 0 radical (unpaired) electrons. The van der Waals surface area contributed by atoms with Crippen molar-refractivity contribution in [2.45, 2.75) is 11.8 Å². The first-order valence-corrected chi connectivity index (χ1v) is 8.96. The fraction of sp³-hybridized carbons (Fsp3) is 0.188. The number of halogens is 1. The number of ketones is 1. The van der Waals surface area contributed by atoms with Gasteiger partial charge in [-0.2, -0.15) is 0 Å². The normalized spacial score (nSPS) is 13.4. The van der Waals surface area contributed by atoms with E-state index in [0.717, 1.165) is 0 Å². The van der Waals surface area contributed by atoms with Crippen LogP contribution in [-0.2, 0) is 10.0 Å². The smallest absolute Gasteiger partial charge is 0.261 e. The molecule has 6 nitrogen and oxygen atoms in total. The minimum absolute atomic E-state index is 0.0267. The maximum absolute atomic E-state index is 12.5. The molecule has 0 bridgehead atoms. The average molecular weight is 368 g/mol. The molecule has 1 aliphatic rings. The summed E-state index contributed by atoms with van der Waals surface area (Å²) in [6, 6.07) is 8.76. The van der Waals surface area contributed by atoms with Crippen molar-refractivity contribution in [1.82, 2.24) is 0 Å². The van der Waals surface area contributed by atoms with Crippen LogP contribution in [0.1, 0.15) is 17.3 Å². The van der Waals surface area contributed by atoms with E-state index >= 15 is 0 Å². The molecule has 0 spiro atoms. The second-order valence-electron chi connectivity index (χ2n) is 5.17. The van der Waals surface area contributed by atoms with Crippen LogP contribution in [-0.4, -0.2) is 27.4 Å². The highest BCUT2D eigenvalue weighted by molar-refractivity contribution is 7.92. The number of benzene rings is 2. The molecule has 3 rings (SSSR count). The molecule has 0 saturated heterocycles. The van der Waals surface area contributed by atoms with Crippen molar-refractivity contribution in [1.29, 1.82) is 0 Å². The van der Waals surface area contributed by atoms with Crippen molar-refractivity contribution < 1.29 is 22.7 Å². The number of Topliss-reactive ketones (excluding diaryl/α,β-unsaturated/α-hetero) is 1. The summed E-state index contributed by atoms with van der Waals surface area (Å²) < 4.78 is 38.3. The van der Waals surface area contributed by atoms with Gasteiger partial charge in [0.15, 0.2) is 17.3 Å². The topological polar surface area (TPSA) is 81.7 Å². The van der Waals surface area contributed by atoms with Crippen LogP contribution in [0.3, 0.4) is 0 Å². The Labute approximate surface area is 144 Å². The van der Waals surface area contributed by atoms with Crippen molar-refractivity contribution in [3.05, 3.63) is 47.0 Å². The summed E-state index contributed by atoms with van der Waals surface area (Å²) in [5.74, 6) is 0.665. The van der Waals surface area contributed by atoms with Gasteiger partial charge in [-0.3, -0.25) is 9.52 Å². The van der Waals surface area contributed by atoms with Gasteiger partial charge in [-0.1, -0.05) is 23.7 Å². The quantitative estimate of drug-likeness (QED) is 0.839. The maximum atomic E-state index is 12.5. The predicted molar refractivity (Wildman–Crippen MR) is 89.7 cm³/mol. The van der Waals surface area contributed by atoms with E-state index in [4.69, 9.17) is 21.1 Å². The molecule has 1 aliphatic heterocycles. The first kappa shape index (κ1) is 16.6. The number of carbonyl (C=O) groups is 1. The van der Waals surface area contributed by atoms with E-state index in [9.17, 15) is 13.2 Å². The van der Waals surface area contributed by atoms with Crippen LogP contribution in [0.15, 0.2) is 41.3 Å². The average Bonchev–Trinajstić information content (AvgIpc) is 2.55. The van der Waals surface area contributed by atoms with Crippen LogP contribution < -0.4 is 14.2 Å². The van der Waals surface area contributed by atoms with Crippen LogP contribution in [0.2, 0.25) is 5.02 Å². The molecule has 0 saturated carbocycles. The van der Waals surface area contributed by atoms with Gasteiger partial charge in [0, 0.05) is 17.7 Å². The van der Waals surface area contributed by atoms with Crippen LogP contribution in [0, 0.1) is 0 Å². The molecule has 8 heteroatoms. The lowest BCUT2D eigenvalue weighted by molar-refractivity contribution is 0.101. The number of sulfonamides is 1. The van der Waals surface area contributed by atoms with Crippen LogP contribution in [0.5, 0.6) is 11.5 Å². The van der Waals surface area contributed by atoms with Gasteiger partial charge in [0.1, 0.15) is 13.2 Å². The van der Waals surface area contributed by atoms with Gasteiger partial charge in [-0.05, 0) is 19.1 Å². The second kappa shape index (κ2) is 6.33. The molecule has 126 valence electrons. The monoisotopic (exact) mass is 367 g/mol. The van der Waals surface area contributed by atoms with E-state index in [2.05, 4.69) is 4.72 Å². The van der Waals surface area contributed by atoms with Crippen molar-refractivity contribution in [3.63, 3.8) is 0 Å². The Kier molecular flexibility index (Phi) is 4.38. The molecule has 2 aromatic rings. The van der Waals surface area contributed by atoms with E-state index in [0.29, 0.717) is 30.3 Å². The zero-order chi connectivity index (χ0) is 17.3. The Balaban J connectivity index is 1.95. The minimum atomic E-state index is -3.90. The molecule has 1 N–H and O–H groups in total. The van der Waals surface area contributed by atoms with E-state index in [1.807, 2.05) is 0 Å². The number of hydrogen-bond acceptors (Lipinski definition) is 5. The molecule has 2 aromatic carbocycles. The molecule has 0 aliphatic carbocycles. The third-order valence-corrected chi connectivity index (χ3v) is 5.10. The van der Waals surface area contributed by atoms with Gasteiger partial charge in [-0.25, -0.2) is 8.42 Å². The number of hydrogen-bond donors (Lipinski definition) is 1. The standard InChI is InChI=1S/C16H14ClNO5S/c1-10(19)11-3-2-4-12(7-11)24(20,21)18-14-9-16-15(8-13(14)17)22-5-6-23-16/h2-4,7-9,18H,5-6H2,1H3. The molecule has 24 heavy (non-hydrogen) atoms. The highest BCUT2D eigenvalue weighted by Crippen LogP contribution is 2.38. The van der Waals surface area contributed by atoms with E-state index in [1.165, 1.54) is 37.3 Å². The third kappa shape index (κ3) is 3.32. The number of anilines is 1. The number of nitrogens with one attached hydrogen (secondary N) is 1. The first-order valence-electron chi connectivity index (χ1n) is 7.10. The molecule has 0 atom stereocenters. The third-order valence-electron chi connectivity index (χ3n) is 3.43. The van der Waals surface area contributed by atoms with Gasteiger partial charge in [0.2, 0.25) is 0 Å². The zero-order valence-corrected chi connectivity index (χ0v) is 14.3. The van der Waals surface area contributed by atoms with Crippen molar-refractivity contribution in [3.8, 4) is 11.5 Å². The number of carbonyl (C=O) groups excluding carboxylic acids is 1. The highest BCUT2D eigenvalue weighted by Gasteiger charge is 2.20. The van der Waals surface area contributed by atoms with Gasteiger partial charge in [0.25, 0.3) is 10.0 Å². The van der Waals surface area contributed by atoms with Gasteiger partial charge in [-0.15, -0.1) is 0 Å². The Morgan fingerprint density at radius 3 is 2.46 bits per heavy atom. The largest absolute Gasteiger partial charge is 0.486 e. The SMILES string of the molecule is CC(=O)c1cccc(S(=O)(=O)Nc2cc3c(cc2Cl)OCCO3)c1. The molecule has 0 fully saturated rings. The van der Waals surface area contributed by atoms with E-state index < -0.39 is 10.0 Å². The number of rotatable bonds is 4. The summed E-state index contributed by atoms with van der Waals surface area (Å²) in [5.41, 5.74) is 0.486. The second-order valence-corrected chi connectivity index (χ2v) is 7.25. The Bertz CT molecular complexity index is 911. The molecule has 0 unspecified atom stereocenters. The fourth-order valence-electron chi connectivity index (χ4n) is 2.23. The summed E-state index contributed by atoms with van der Waals surface area (Å²) in [6.45, 7) is 2.16. The zero-order valence-electron chi connectivity index (χ0n) is 12.7. The van der Waals surface area contributed by atoms with Crippen LogP contribution in [0.25, 0.3) is 0 Å². The fourth-order valence-corrected chi connectivity index (χ4v) is 3.60. The Morgan fingerprint density at radius 2 is 1.79 bits per heavy atom. The molecular weight excluding hydrogens is 354 g/mol. The molecule has 0 aromatic heterocycles. The van der Waals surface area contributed by atoms with Crippen molar-refractivity contribution >= 4 is 33.1 Å². The lowest BCUT2D eigenvalue weighted by atomic mass is 10.2. The van der Waals surface area contributed by atoms with E-state index in [-0.39, 0.29) is 21.4 Å². The van der Waals surface area contributed by atoms with E-state index in [1.54, 1.807) is 6.07 Å². The molecule has 0 amide bonds. The number of ether oxygens (including phenoxy) is 2. The summed E-state index contributed by atoms with van der Waals surface area (Å²) in [4.78, 5) is 11.4. The molecular formula is C16H14ClNO5S. The predicted octanol–water partition coefficient (Wildman–Crippen LogP) is 3.11. The maximum Gasteiger partial charge on any atom is 0.261 e. The van der Waals surface area contributed by atoms with Gasteiger partial charge in [0.05, 0.1) is 15.6 Å². The number of fused-ring (bicyclic) bond motifs is 1. The Morgan fingerprint density at radius 1 is 1.12 bits per heavy atom. The Hall–Kier alpha value is -2.25. The van der Waals surface area contributed by atoms with Crippen molar-refractivity contribution in [2.75, 3.05) is 17.9 Å². The first-order chi connectivity index (χ1) is 11.4. The lowest BCUT2D eigenvalue weighted by Crippen LogP contribution is -2.17. The molecule has 1 heterocycles. The lowest BCUT2D eigenvalue weighted by Gasteiger charge is -2.20. The van der Waals surface area contributed by atoms with Gasteiger partial charge < -0.3 is 9.47 Å². The van der Waals surface area contributed by atoms with Crippen LogP contribution >= 0.6 is 11.6 Å². The summed E-state index contributed by atoms with van der Waals surface area (Å²) >= 11 is 6.12. The summed E-state index contributed by atoms with van der Waals surface area (Å²) in [7, 11) is -3.90. The summed E-state index contributed by atoms with van der Waals surface area (Å²) in [6.07, 6.45) is 0. The van der Waals surface area contributed by atoms with Crippen molar-refractivity contribution in [2.24, 2.45) is 0 Å². The highest BCUT2D eigenvalue weighted by atomic mass is 35.5. The summed E-state index contributed by atoms with van der Waals surface area (Å²) in [5, 5.41) is 0.186. The minimum Gasteiger partial charge on any atom is -0.486 e. The van der Waals surface area contributed by atoms with Gasteiger partial charge >= 0.3 is 0 Å². The van der Waals surface area contributed by atoms with Crippen LogP contribution in [0.4, 0.5) is 5.69 Å².